The molecule has 0 aromatic heterocycles. The van der Waals surface area contributed by atoms with Crippen LogP contribution in [0.5, 0.6) is 34.5 Å². The van der Waals surface area contributed by atoms with E-state index in [1.807, 2.05) is 19.9 Å². The molecule has 5 rings (SSSR count). The molecule has 3 aliphatic rings. The van der Waals surface area contributed by atoms with Gasteiger partial charge in [-0.1, -0.05) is 19.9 Å². The standard InChI is InChI=1S/C29H32O10/c1-8-13(2)29(31)39-24-15(4)14(3)23(38-16(5)30)17-9-19-25(36-11-34-19)27(32-6)21(17)22-18(24)10-20-26(28(22)33-7)37-12-35-20/h8-10,14-15,23-24H,11-12H2,1-7H3/t14-,15+,23-,24-/m1/s1. The maximum Gasteiger partial charge on any atom is 0.333 e. The molecule has 1 aliphatic carbocycles. The van der Waals surface area contributed by atoms with Crippen molar-refractivity contribution in [1.82, 2.24) is 0 Å². The number of ether oxygens (including phenoxy) is 8. The summed E-state index contributed by atoms with van der Waals surface area (Å²) in [5.74, 6) is 0.915. The Kier molecular flexibility index (Phi) is 6.96. The Balaban J connectivity index is 1.91. The molecule has 0 amide bonds. The van der Waals surface area contributed by atoms with E-state index in [0.717, 1.165) is 0 Å². The number of allylic oxidation sites excluding steroid dienone is 1. The molecule has 2 heterocycles. The lowest BCUT2D eigenvalue weighted by Crippen LogP contribution is -2.31. The number of rotatable bonds is 5. The molecule has 0 saturated carbocycles. The lowest BCUT2D eigenvalue weighted by Gasteiger charge is -2.38. The molecule has 0 fully saturated rings. The predicted octanol–water partition coefficient (Wildman–Crippen LogP) is 5.27. The molecule has 0 N–H and O–H groups in total. The summed E-state index contributed by atoms with van der Waals surface area (Å²) in [6.07, 6.45) is 0.173. The van der Waals surface area contributed by atoms with Gasteiger partial charge in [-0.3, -0.25) is 4.79 Å². The summed E-state index contributed by atoms with van der Waals surface area (Å²) in [5, 5.41) is 0. The summed E-state index contributed by atoms with van der Waals surface area (Å²) in [6, 6.07) is 3.62. The lowest BCUT2D eigenvalue weighted by atomic mass is 9.74. The van der Waals surface area contributed by atoms with Gasteiger partial charge in [-0.25, -0.2) is 4.79 Å². The second kappa shape index (κ2) is 10.2. The lowest BCUT2D eigenvalue weighted by molar-refractivity contribution is -0.157. The van der Waals surface area contributed by atoms with Gasteiger partial charge in [0.15, 0.2) is 23.0 Å². The summed E-state index contributed by atoms with van der Waals surface area (Å²) in [5.41, 5.74) is 2.84. The van der Waals surface area contributed by atoms with Crippen molar-refractivity contribution in [3.8, 4) is 45.6 Å². The molecule has 2 aromatic rings. The monoisotopic (exact) mass is 540 g/mol. The predicted molar refractivity (Wildman–Crippen MR) is 138 cm³/mol. The first-order valence-corrected chi connectivity index (χ1v) is 12.7. The molecule has 2 aromatic carbocycles. The van der Waals surface area contributed by atoms with Gasteiger partial charge in [-0.2, -0.15) is 0 Å². The number of carbonyl (C=O) groups is 2. The Bertz CT molecular complexity index is 1360. The van der Waals surface area contributed by atoms with Crippen molar-refractivity contribution < 1.29 is 47.5 Å². The Labute approximate surface area is 226 Å². The van der Waals surface area contributed by atoms with E-state index in [4.69, 9.17) is 37.9 Å². The fraction of sp³-hybridized carbons (Fsp3) is 0.448. The molecule has 4 atom stereocenters. The molecule has 2 aliphatic heterocycles. The van der Waals surface area contributed by atoms with Crippen molar-refractivity contribution in [2.45, 2.75) is 46.8 Å². The van der Waals surface area contributed by atoms with Crippen LogP contribution in [0.15, 0.2) is 23.8 Å². The summed E-state index contributed by atoms with van der Waals surface area (Å²) >= 11 is 0. The molecule has 0 saturated heterocycles. The summed E-state index contributed by atoms with van der Waals surface area (Å²) in [6.45, 7) is 8.76. The van der Waals surface area contributed by atoms with Gasteiger partial charge in [0.25, 0.3) is 0 Å². The number of hydrogen-bond donors (Lipinski definition) is 0. The highest BCUT2D eigenvalue weighted by atomic mass is 16.7. The number of esters is 2. The van der Waals surface area contributed by atoms with Crippen LogP contribution in [0.25, 0.3) is 11.1 Å². The van der Waals surface area contributed by atoms with Crippen molar-refractivity contribution >= 4 is 11.9 Å². The first-order valence-electron chi connectivity index (χ1n) is 12.7. The average Bonchev–Trinajstić information content (AvgIpc) is 3.60. The van der Waals surface area contributed by atoms with Crippen molar-refractivity contribution in [3.05, 3.63) is 34.9 Å². The number of benzene rings is 2. The van der Waals surface area contributed by atoms with Gasteiger partial charge in [-0.15, -0.1) is 0 Å². The smallest absolute Gasteiger partial charge is 0.333 e. The molecular weight excluding hydrogens is 508 g/mol. The Morgan fingerprint density at radius 1 is 0.795 bits per heavy atom. The van der Waals surface area contributed by atoms with Crippen LogP contribution in [0, 0.1) is 11.8 Å². The fourth-order valence-electron chi connectivity index (χ4n) is 5.38. The Hall–Kier alpha value is -4.08. The quantitative estimate of drug-likeness (QED) is 0.368. The van der Waals surface area contributed by atoms with Crippen LogP contribution >= 0.6 is 0 Å². The Morgan fingerprint density at radius 2 is 1.26 bits per heavy atom. The zero-order chi connectivity index (χ0) is 28.0. The normalized spacial score (nSPS) is 22.7. The topological polar surface area (TPSA) is 108 Å². The van der Waals surface area contributed by atoms with Gasteiger partial charge in [0.1, 0.15) is 12.2 Å². The minimum Gasteiger partial charge on any atom is -0.492 e. The van der Waals surface area contributed by atoms with E-state index >= 15 is 0 Å². The van der Waals surface area contributed by atoms with E-state index in [1.54, 1.807) is 26.0 Å². The van der Waals surface area contributed by atoms with Crippen molar-refractivity contribution in [1.29, 1.82) is 0 Å². The third kappa shape index (κ3) is 4.27. The van der Waals surface area contributed by atoms with Gasteiger partial charge in [0, 0.05) is 46.6 Å². The minimum absolute atomic E-state index is 0.00385. The fourth-order valence-corrected chi connectivity index (χ4v) is 5.38. The molecule has 10 nitrogen and oxygen atoms in total. The summed E-state index contributed by atoms with van der Waals surface area (Å²) in [7, 11) is 3.05. The van der Waals surface area contributed by atoms with Crippen LogP contribution in [-0.2, 0) is 19.1 Å². The zero-order valence-corrected chi connectivity index (χ0v) is 23.0. The largest absolute Gasteiger partial charge is 0.492 e. The maximum absolute atomic E-state index is 13.1. The van der Waals surface area contributed by atoms with Gasteiger partial charge in [0.2, 0.25) is 25.1 Å². The van der Waals surface area contributed by atoms with Crippen molar-refractivity contribution in [3.63, 3.8) is 0 Å². The minimum atomic E-state index is -0.776. The number of fused-ring (bicyclic) bond motifs is 5. The highest BCUT2D eigenvalue weighted by Crippen LogP contribution is 2.61. The molecule has 208 valence electrons. The highest BCUT2D eigenvalue weighted by molar-refractivity contribution is 5.91. The first-order chi connectivity index (χ1) is 18.7. The van der Waals surface area contributed by atoms with Crippen LogP contribution < -0.4 is 28.4 Å². The molecule has 10 heteroatoms. The van der Waals surface area contributed by atoms with Gasteiger partial charge in [-0.05, 0) is 26.0 Å². The number of carbonyl (C=O) groups excluding carboxylic acids is 2. The van der Waals surface area contributed by atoms with E-state index in [2.05, 4.69) is 0 Å². The van der Waals surface area contributed by atoms with E-state index in [0.29, 0.717) is 62.3 Å². The van der Waals surface area contributed by atoms with Crippen molar-refractivity contribution in [2.75, 3.05) is 27.8 Å². The van der Waals surface area contributed by atoms with E-state index < -0.39 is 24.1 Å². The van der Waals surface area contributed by atoms with Crippen LogP contribution in [0.3, 0.4) is 0 Å². The van der Waals surface area contributed by atoms with Crippen LogP contribution in [0.1, 0.15) is 58.0 Å². The van der Waals surface area contributed by atoms with E-state index in [9.17, 15) is 9.59 Å². The van der Waals surface area contributed by atoms with Gasteiger partial charge < -0.3 is 37.9 Å². The van der Waals surface area contributed by atoms with Crippen molar-refractivity contribution in [2.24, 2.45) is 11.8 Å². The second-order valence-corrected chi connectivity index (χ2v) is 9.76. The van der Waals surface area contributed by atoms with Crippen LogP contribution in [0.4, 0.5) is 0 Å². The van der Waals surface area contributed by atoms with Gasteiger partial charge in [0.05, 0.1) is 14.2 Å². The SMILES string of the molecule is CC=C(C)C(=O)O[C@H]1c2cc3c(c(OC)c2-c2c(cc4c(c2OC)OCO4)[C@H](OC(C)=O)[C@H](C)[C@@H]1C)OCO3. The van der Waals surface area contributed by atoms with E-state index in [-0.39, 0.29) is 25.4 Å². The molecule has 0 bridgehead atoms. The molecule has 0 radical (unpaired) electrons. The molecule has 39 heavy (non-hydrogen) atoms. The first kappa shape index (κ1) is 26.5. The number of methoxy groups -OCH3 is 2. The van der Waals surface area contributed by atoms with Gasteiger partial charge >= 0.3 is 11.9 Å². The third-order valence-electron chi connectivity index (χ3n) is 7.64. The number of hydrogen-bond acceptors (Lipinski definition) is 10. The summed E-state index contributed by atoms with van der Waals surface area (Å²) in [4.78, 5) is 25.6. The van der Waals surface area contributed by atoms with Crippen LogP contribution in [-0.4, -0.2) is 39.7 Å². The highest BCUT2D eigenvalue weighted by Gasteiger charge is 2.45. The second-order valence-electron chi connectivity index (χ2n) is 9.76. The molecule has 0 unspecified atom stereocenters. The summed E-state index contributed by atoms with van der Waals surface area (Å²) < 4.78 is 47.1. The van der Waals surface area contributed by atoms with E-state index in [1.165, 1.54) is 21.1 Å². The molecular formula is C29H32O10. The average molecular weight is 541 g/mol. The molecule has 0 spiro atoms. The maximum atomic E-state index is 13.1. The van der Waals surface area contributed by atoms with Crippen LogP contribution in [0.2, 0.25) is 0 Å². The Morgan fingerprint density at radius 3 is 1.67 bits per heavy atom. The zero-order valence-electron chi connectivity index (χ0n) is 23.0. The third-order valence-corrected chi connectivity index (χ3v) is 7.64.